The molecule has 0 radical (unpaired) electrons. The van der Waals surface area contributed by atoms with Crippen molar-refractivity contribution in [2.45, 2.75) is 37.7 Å². The van der Waals surface area contributed by atoms with E-state index in [0.29, 0.717) is 6.42 Å². The van der Waals surface area contributed by atoms with E-state index in [0.717, 1.165) is 22.2 Å². The summed E-state index contributed by atoms with van der Waals surface area (Å²) in [5, 5.41) is 12.8. The van der Waals surface area contributed by atoms with E-state index in [9.17, 15) is 5.11 Å². The number of hydrogen-bond acceptors (Lipinski definition) is 3. The van der Waals surface area contributed by atoms with Crippen molar-refractivity contribution in [2.24, 2.45) is 0 Å². The van der Waals surface area contributed by atoms with Gasteiger partial charge in [0, 0.05) is 10.8 Å². The number of fused-ring (bicyclic) bond motifs is 1. The first-order chi connectivity index (χ1) is 10.2. The molecule has 0 saturated heterocycles. The topological polar surface area (TPSA) is 29.5 Å². The smallest absolute Gasteiger partial charge is 0.133 e. The molecule has 4 heteroatoms. The number of aliphatic hydroxyl groups is 1. The summed E-state index contributed by atoms with van der Waals surface area (Å²) in [7, 11) is 1.66. The van der Waals surface area contributed by atoms with Crippen molar-refractivity contribution in [2.75, 3.05) is 7.11 Å². The molecule has 0 aliphatic heterocycles. The summed E-state index contributed by atoms with van der Waals surface area (Å²) < 4.78 is 6.19. The fraction of sp³-hybridized carbons (Fsp3) is 0.412. The number of methoxy groups -OCH3 is 1. The predicted molar refractivity (Wildman–Crippen MR) is 90.4 cm³/mol. The molecule has 0 bridgehead atoms. The summed E-state index contributed by atoms with van der Waals surface area (Å²) in [5.41, 5.74) is 2.50. The van der Waals surface area contributed by atoms with E-state index in [2.05, 4.69) is 27.4 Å². The number of aryl methyl sites for hydroxylation is 1. The summed E-state index contributed by atoms with van der Waals surface area (Å²) >= 11 is 5.33. The quantitative estimate of drug-likeness (QED) is 0.860. The Morgan fingerprint density at radius 2 is 2.29 bits per heavy atom. The van der Waals surface area contributed by atoms with E-state index in [1.165, 1.54) is 23.3 Å². The zero-order chi connectivity index (χ0) is 14.8. The fourth-order valence-corrected chi connectivity index (χ4v) is 4.73. The molecule has 3 rings (SSSR count). The van der Waals surface area contributed by atoms with Crippen LogP contribution >= 0.6 is 27.3 Å². The molecule has 1 aliphatic rings. The van der Waals surface area contributed by atoms with Crippen molar-refractivity contribution in [3.63, 3.8) is 0 Å². The summed E-state index contributed by atoms with van der Waals surface area (Å²) in [6.45, 7) is 0. The van der Waals surface area contributed by atoms with Gasteiger partial charge in [0.15, 0.2) is 0 Å². The van der Waals surface area contributed by atoms with Crippen LogP contribution in [0.3, 0.4) is 0 Å². The second-order valence-electron chi connectivity index (χ2n) is 5.54. The largest absolute Gasteiger partial charge is 0.496 e. The third-order valence-electron chi connectivity index (χ3n) is 4.22. The van der Waals surface area contributed by atoms with E-state index in [1.54, 1.807) is 7.11 Å². The number of rotatable bonds is 4. The van der Waals surface area contributed by atoms with E-state index in [1.807, 2.05) is 29.5 Å². The van der Waals surface area contributed by atoms with Gasteiger partial charge in [0.2, 0.25) is 0 Å². The number of hydrogen-bond donors (Lipinski definition) is 1. The zero-order valence-corrected chi connectivity index (χ0v) is 14.4. The lowest BCUT2D eigenvalue weighted by molar-refractivity contribution is 0.135. The molecular formula is C17H19BrO2S. The molecule has 0 fully saturated rings. The van der Waals surface area contributed by atoms with Gasteiger partial charge in [-0.2, -0.15) is 0 Å². The van der Waals surface area contributed by atoms with Crippen LogP contribution in [-0.4, -0.2) is 18.3 Å². The van der Waals surface area contributed by atoms with Gasteiger partial charge in [0.05, 0.1) is 17.7 Å². The molecule has 2 unspecified atom stereocenters. The Labute approximate surface area is 137 Å². The number of halogens is 1. The van der Waals surface area contributed by atoms with Crippen LogP contribution in [0.4, 0.5) is 0 Å². The lowest BCUT2D eigenvalue weighted by atomic mass is 9.82. The molecule has 1 aromatic carbocycles. The molecular weight excluding hydrogens is 348 g/mol. The first kappa shape index (κ1) is 15.1. The Bertz CT molecular complexity index is 623. The Morgan fingerprint density at radius 3 is 3.05 bits per heavy atom. The first-order valence-corrected chi connectivity index (χ1v) is 8.93. The maximum absolute atomic E-state index is 10.7. The average Bonchev–Trinajstić information content (AvgIpc) is 2.95. The van der Waals surface area contributed by atoms with Crippen molar-refractivity contribution in [3.8, 4) is 5.75 Å². The molecule has 0 saturated carbocycles. The van der Waals surface area contributed by atoms with Crippen LogP contribution in [0.2, 0.25) is 0 Å². The van der Waals surface area contributed by atoms with Crippen LogP contribution in [0.25, 0.3) is 0 Å². The summed E-state index contributed by atoms with van der Waals surface area (Å²) in [4.78, 5) is 1.46. The molecule has 2 atom stereocenters. The second-order valence-corrected chi connectivity index (χ2v) is 7.39. The average molecular weight is 367 g/mol. The minimum absolute atomic E-state index is 0.279. The van der Waals surface area contributed by atoms with Crippen molar-refractivity contribution in [3.05, 3.63) is 50.1 Å². The fourth-order valence-electron chi connectivity index (χ4n) is 3.14. The minimum Gasteiger partial charge on any atom is -0.496 e. The Balaban J connectivity index is 1.75. The third kappa shape index (κ3) is 3.17. The standard InChI is InChI=1S/C17H19BrO2S/c1-20-16-6-5-11(9-14(16)18)10-15(19)12-3-2-4-17-13(12)7-8-21-17/h5-9,12,15,19H,2-4,10H2,1H3. The highest BCUT2D eigenvalue weighted by molar-refractivity contribution is 9.10. The molecule has 1 aliphatic carbocycles. The number of benzene rings is 1. The van der Waals surface area contributed by atoms with Gasteiger partial charge in [0.25, 0.3) is 0 Å². The van der Waals surface area contributed by atoms with E-state index in [4.69, 9.17) is 4.74 Å². The van der Waals surface area contributed by atoms with E-state index >= 15 is 0 Å². The molecule has 1 heterocycles. The van der Waals surface area contributed by atoms with Crippen LogP contribution in [0, 0.1) is 0 Å². The highest BCUT2D eigenvalue weighted by atomic mass is 79.9. The lowest BCUT2D eigenvalue weighted by Gasteiger charge is -2.27. The van der Waals surface area contributed by atoms with Gasteiger partial charge in [0.1, 0.15) is 5.75 Å². The normalized spacial score (nSPS) is 19.1. The van der Waals surface area contributed by atoms with E-state index in [-0.39, 0.29) is 12.0 Å². The predicted octanol–water partition coefficient (Wildman–Crippen LogP) is 4.54. The number of thiophene rings is 1. The molecule has 2 aromatic rings. The lowest BCUT2D eigenvalue weighted by Crippen LogP contribution is -2.24. The van der Waals surface area contributed by atoms with Crippen LogP contribution in [0.15, 0.2) is 34.1 Å². The SMILES string of the molecule is COc1ccc(CC(O)C2CCCc3sccc32)cc1Br. The Hall–Kier alpha value is -0.840. The highest BCUT2D eigenvalue weighted by Crippen LogP contribution is 2.38. The number of ether oxygens (including phenoxy) is 1. The van der Waals surface area contributed by atoms with Crippen LogP contribution in [-0.2, 0) is 12.8 Å². The van der Waals surface area contributed by atoms with Crippen LogP contribution in [0.1, 0.15) is 34.8 Å². The second kappa shape index (κ2) is 6.51. The maximum atomic E-state index is 10.7. The van der Waals surface area contributed by atoms with Gasteiger partial charge in [-0.15, -0.1) is 11.3 Å². The van der Waals surface area contributed by atoms with Crippen molar-refractivity contribution >= 4 is 27.3 Å². The van der Waals surface area contributed by atoms with Gasteiger partial charge in [-0.25, -0.2) is 0 Å². The molecule has 0 amide bonds. The molecule has 1 N–H and O–H groups in total. The monoisotopic (exact) mass is 366 g/mol. The summed E-state index contributed by atoms with van der Waals surface area (Å²) in [5.74, 6) is 1.10. The first-order valence-electron chi connectivity index (χ1n) is 7.26. The summed E-state index contributed by atoms with van der Waals surface area (Å²) in [6.07, 6.45) is 3.80. The molecule has 2 nitrogen and oxygen atoms in total. The third-order valence-corrected chi connectivity index (χ3v) is 5.84. The molecule has 21 heavy (non-hydrogen) atoms. The highest BCUT2D eigenvalue weighted by Gasteiger charge is 2.27. The Morgan fingerprint density at radius 1 is 1.43 bits per heavy atom. The van der Waals surface area contributed by atoms with Gasteiger partial charge in [-0.05, 0) is 76.3 Å². The summed E-state index contributed by atoms with van der Waals surface area (Å²) in [6, 6.07) is 8.21. The van der Waals surface area contributed by atoms with Gasteiger partial charge in [-0.3, -0.25) is 0 Å². The van der Waals surface area contributed by atoms with Gasteiger partial charge in [-0.1, -0.05) is 6.07 Å². The van der Waals surface area contributed by atoms with Crippen molar-refractivity contribution in [1.82, 2.24) is 0 Å². The van der Waals surface area contributed by atoms with Gasteiger partial charge >= 0.3 is 0 Å². The maximum Gasteiger partial charge on any atom is 0.133 e. The van der Waals surface area contributed by atoms with Gasteiger partial charge < -0.3 is 9.84 Å². The zero-order valence-electron chi connectivity index (χ0n) is 12.0. The van der Waals surface area contributed by atoms with E-state index < -0.39 is 0 Å². The molecule has 0 spiro atoms. The van der Waals surface area contributed by atoms with Crippen molar-refractivity contribution < 1.29 is 9.84 Å². The van der Waals surface area contributed by atoms with Crippen LogP contribution in [0.5, 0.6) is 5.75 Å². The van der Waals surface area contributed by atoms with Crippen LogP contribution < -0.4 is 4.74 Å². The molecule has 112 valence electrons. The minimum atomic E-state index is -0.320. The van der Waals surface area contributed by atoms with Crippen molar-refractivity contribution in [1.29, 1.82) is 0 Å². The Kier molecular flexibility index (Phi) is 4.67. The number of aliphatic hydroxyl groups excluding tert-OH is 1. The molecule has 1 aromatic heterocycles.